The van der Waals surface area contributed by atoms with Crippen molar-refractivity contribution in [2.24, 2.45) is 0 Å². The standard InChI is InChI=1S/C24H19ClFN5O2S/c1-27-23(33)15-10-12-16(13-11-15)28-21(32)14-34-24-30-29-22(17-6-2-3-7-18(17)25)31(24)20-9-5-4-8-19(20)26/h2-13H,14H2,1H3,(H,27,33)(H,28,32). The molecule has 0 aliphatic heterocycles. The first-order valence-electron chi connectivity index (χ1n) is 10.2. The van der Waals surface area contributed by atoms with E-state index in [0.29, 0.717) is 32.8 Å². The monoisotopic (exact) mass is 495 g/mol. The predicted molar refractivity (Wildman–Crippen MR) is 131 cm³/mol. The lowest BCUT2D eigenvalue weighted by atomic mass is 10.2. The summed E-state index contributed by atoms with van der Waals surface area (Å²) < 4.78 is 16.3. The average molecular weight is 496 g/mol. The van der Waals surface area contributed by atoms with E-state index in [1.54, 1.807) is 78.3 Å². The van der Waals surface area contributed by atoms with Gasteiger partial charge in [-0.15, -0.1) is 10.2 Å². The second kappa shape index (κ2) is 10.5. The largest absolute Gasteiger partial charge is 0.355 e. The van der Waals surface area contributed by atoms with E-state index >= 15 is 0 Å². The Kier molecular flexibility index (Phi) is 7.24. The lowest BCUT2D eigenvalue weighted by Gasteiger charge is -2.12. The van der Waals surface area contributed by atoms with Crippen LogP contribution in [0.4, 0.5) is 10.1 Å². The van der Waals surface area contributed by atoms with Gasteiger partial charge >= 0.3 is 0 Å². The normalized spacial score (nSPS) is 10.7. The number of thioether (sulfide) groups is 1. The van der Waals surface area contributed by atoms with Gasteiger partial charge in [0, 0.05) is 23.9 Å². The van der Waals surface area contributed by atoms with Crippen LogP contribution >= 0.6 is 23.4 Å². The molecule has 2 N–H and O–H groups in total. The molecule has 0 atom stereocenters. The van der Waals surface area contributed by atoms with E-state index in [1.165, 1.54) is 6.07 Å². The zero-order valence-corrected chi connectivity index (χ0v) is 19.5. The molecule has 1 heterocycles. The fraction of sp³-hybridized carbons (Fsp3) is 0.0833. The van der Waals surface area contributed by atoms with Crippen LogP contribution in [0.25, 0.3) is 17.1 Å². The van der Waals surface area contributed by atoms with Crippen LogP contribution in [0.15, 0.2) is 78.0 Å². The molecule has 1 aromatic heterocycles. The quantitative estimate of drug-likeness (QED) is 0.359. The topological polar surface area (TPSA) is 88.9 Å². The van der Waals surface area contributed by atoms with Gasteiger partial charge in [0.1, 0.15) is 5.82 Å². The van der Waals surface area contributed by atoms with Crippen LogP contribution in [0.3, 0.4) is 0 Å². The molecule has 0 saturated carbocycles. The first-order valence-corrected chi connectivity index (χ1v) is 11.5. The maximum Gasteiger partial charge on any atom is 0.251 e. The number of rotatable bonds is 7. The molecule has 0 bridgehead atoms. The number of para-hydroxylation sites is 1. The van der Waals surface area contributed by atoms with Crippen molar-refractivity contribution in [1.29, 1.82) is 0 Å². The zero-order valence-electron chi connectivity index (χ0n) is 18.0. The molecule has 10 heteroatoms. The number of benzene rings is 3. The van der Waals surface area contributed by atoms with Crippen LogP contribution in [-0.4, -0.2) is 39.4 Å². The highest BCUT2D eigenvalue weighted by Crippen LogP contribution is 2.32. The first kappa shape index (κ1) is 23.5. The molecule has 0 fully saturated rings. The van der Waals surface area contributed by atoms with E-state index in [0.717, 1.165) is 11.8 Å². The Labute approximate surface area is 204 Å². The minimum absolute atomic E-state index is 0.00626. The number of nitrogens with zero attached hydrogens (tertiary/aromatic N) is 3. The highest BCUT2D eigenvalue weighted by atomic mass is 35.5. The summed E-state index contributed by atoms with van der Waals surface area (Å²) >= 11 is 7.47. The lowest BCUT2D eigenvalue weighted by molar-refractivity contribution is -0.113. The van der Waals surface area contributed by atoms with E-state index in [4.69, 9.17) is 11.6 Å². The molecule has 0 aliphatic carbocycles. The molecule has 3 aromatic carbocycles. The van der Waals surface area contributed by atoms with Gasteiger partial charge in [0.2, 0.25) is 5.91 Å². The molecule has 0 aliphatic rings. The minimum atomic E-state index is -0.460. The van der Waals surface area contributed by atoms with Crippen molar-refractivity contribution >= 4 is 40.9 Å². The minimum Gasteiger partial charge on any atom is -0.355 e. The SMILES string of the molecule is CNC(=O)c1ccc(NC(=O)CSc2nnc(-c3ccccc3Cl)n2-c2ccccc2F)cc1. The van der Waals surface area contributed by atoms with Crippen LogP contribution in [0.5, 0.6) is 0 Å². The Morgan fingerprint density at radius 3 is 2.41 bits per heavy atom. The number of nitrogens with one attached hydrogen (secondary N) is 2. The number of anilines is 1. The van der Waals surface area contributed by atoms with Gasteiger partial charge < -0.3 is 10.6 Å². The summed E-state index contributed by atoms with van der Waals surface area (Å²) in [4.78, 5) is 24.2. The van der Waals surface area contributed by atoms with Crippen LogP contribution in [0.2, 0.25) is 5.02 Å². The van der Waals surface area contributed by atoms with Gasteiger partial charge in [-0.05, 0) is 48.5 Å². The molecule has 2 amide bonds. The highest BCUT2D eigenvalue weighted by molar-refractivity contribution is 7.99. The Hall–Kier alpha value is -3.69. The Bertz CT molecular complexity index is 1340. The third-order valence-corrected chi connectivity index (χ3v) is 6.09. The molecule has 0 spiro atoms. The summed E-state index contributed by atoms with van der Waals surface area (Å²) in [5, 5.41) is 14.5. The van der Waals surface area contributed by atoms with E-state index in [9.17, 15) is 14.0 Å². The molecule has 172 valence electrons. The van der Waals surface area contributed by atoms with Crippen molar-refractivity contribution in [2.75, 3.05) is 18.1 Å². The van der Waals surface area contributed by atoms with Crippen molar-refractivity contribution in [1.82, 2.24) is 20.1 Å². The first-order chi connectivity index (χ1) is 16.5. The van der Waals surface area contributed by atoms with Gasteiger partial charge in [0.15, 0.2) is 11.0 Å². The molecule has 7 nitrogen and oxygen atoms in total. The van der Waals surface area contributed by atoms with E-state index in [-0.39, 0.29) is 23.3 Å². The van der Waals surface area contributed by atoms with Gasteiger partial charge in [-0.25, -0.2) is 4.39 Å². The number of hydrogen-bond donors (Lipinski definition) is 2. The maximum atomic E-state index is 14.7. The van der Waals surface area contributed by atoms with Gasteiger partial charge in [-0.3, -0.25) is 14.2 Å². The second-order valence-electron chi connectivity index (χ2n) is 7.07. The van der Waals surface area contributed by atoms with Crippen LogP contribution in [-0.2, 0) is 4.79 Å². The molecule has 4 rings (SSSR count). The molecule has 0 unspecified atom stereocenters. The molecular weight excluding hydrogens is 477 g/mol. The summed E-state index contributed by atoms with van der Waals surface area (Å²) in [5.74, 6) is -0.594. The third kappa shape index (κ3) is 5.11. The van der Waals surface area contributed by atoms with Gasteiger partial charge in [0.25, 0.3) is 5.91 Å². The van der Waals surface area contributed by atoms with Gasteiger partial charge in [-0.2, -0.15) is 0 Å². The number of halogens is 2. The average Bonchev–Trinajstić information content (AvgIpc) is 3.26. The molecule has 4 aromatic rings. The van der Waals surface area contributed by atoms with Crippen LogP contribution < -0.4 is 10.6 Å². The summed E-state index contributed by atoms with van der Waals surface area (Å²) in [5.41, 5.74) is 1.87. The fourth-order valence-electron chi connectivity index (χ4n) is 3.21. The number of hydrogen-bond acceptors (Lipinski definition) is 5. The van der Waals surface area contributed by atoms with Crippen molar-refractivity contribution in [2.45, 2.75) is 5.16 Å². The van der Waals surface area contributed by atoms with E-state index in [1.807, 2.05) is 0 Å². The Balaban J connectivity index is 1.56. The van der Waals surface area contributed by atoms with Crippen molar-refractivity contribution < 1.29 is 14.0 Å². The number of aromatic nitrogens is 3. The van der Waals surface area contributed by atoms with Crippen molar-refractivity contribution in [3.8, 4) is 17.1 Å². The van der Waals surface area contributed by atoms with Crippen molar-refractivity contribution in [3.05, 3.63) is 89.2 Å². The summed E-state index contributed by atoms with van der Waals surface area (Å²) in [6.45, 7) is 0. The predicted octanol–water partition coefficient (Wildman–Crippen LogP) is 4.82. The Morgan fingerprint density at radius 2 is 1.71 bits per heavy atom. The summed E-state index contributed by atoms with van der Waals surface area (Å²) in [7, 11) is 1.55. The second-order valence-corrected chi connectivity index (χ2v) is 8.42. The Morgan fingerprint density at radius 1 is 1.00 bits per heavy atom. The number of carbonyl (C=O) groups excluding carboxylic acids is 2. The molecule has 0 radical (unpaired) electrons. The number of carbonyl (C=O) groups is 2. The van der Waals surface area contributed by atoms with Crippen LogP contribution in [0.1, 0.15) is 10.4 Å². The smallest absolute Gasteiger partial charge is 0.251 e. The lowest BCUT2D eigenvalue weighted by Crippen LogP contribution is -2.18. The summed E-state index contributed by atoms with van der Waals surface area (Å²) in [6.07, 6.45) is 0. The van der Waals surface area contributed by atoms with Gasteiger partial charge in [0.05, 0.1) is 16.5 Å². The summed E-state index contributed by atoms with van der Waals surface area (Å²) in [6, 6.07) is 19.8. The maximum absolute atomic E-state index is 14.7. The molecule has 34 heavy (non-hydrogen) atoms. The number of amides is 2. The zero-order chi connectivity index (χ0) is 24.1. The highest BCUT2D eigenvalue weighted by Gasteiger charge is 2.21. The van der Waals surface area contributed by atoms with Crippen LogP contribution in [0, 0.1) is 5.82 Å². The van der Waals surface area contributed by atoms with Gasteiger partial charge in [-0.1, -0.05) is 47.6 Å². The third-order valence-electron chi connectivity index (χ3n) is 4.83. The van der Waals surface area contributed by atoms with E-state index < -0.39 is 5.82 Å². The van der Waals surface area contributed by atoms with E-state index in [2.05, 4.69) is 20.8 Å². The molecular formula is C24H19ClFN5O2S. The fourth-order valence-corrected chi connectivity index (χ4v) is 4.17. The van der Waals surface area contributed by atoms with Crippen molar-refractivity contribution in [3.63, 3.8) is 0 Å². The molecule has 0 saturated heterocycles.